The van der Waals surface area contributed by atoms with E-state index in [1.54, 1.807) is 19.4 Å². The van der Waals surface area contributed by atoms with Gasteiger partial charge in [-0.25, -0.2) is 0 Å². The molecule has 37 heavy (non-hydrogen) atoms. The van der Waals surface area contributed by atoms with Crippen LogP contribution in [-0.2, 0) is 4.79 Å². The minimum Gasteiger partial charge on any atom is -0.495 e. The summed E-state index contributed by atoms with van der Waals surface area (Å²) >= 11 is 12.2. The van der Waals surface area contributed by atoms with E-state index in [4.69, 9.17) is 33.0 Å². The summed E-state index contributed by atoms with van der Waals surface area (Å²) in [6.45, 7) is 3.42. The van der Waals surface area contributed by atoms with Crippen LogP contribution >= 0.6 is 23.8 Å². The van der Waals surface area contributed by atoms with Gasteiger partial charge < -0.3 is 24.7 Å². The van der Waals surface area contributed by atoms with Gasteiger partial charge in [0.25, 0.3) is 0 Å². The van der Waals surface area contributed by atoms with Gasteiger partial charge in [0, 0.05) is 29.4 Å². The van der Waals surface area contributed by atoms with Crippen LogP contribution < -0.4 is 20.3 Å². The molecule has 2 aromatic heterocycles. The number of pyridine rings is 1. The zero-order chi connectivity index (χ0) is 26.1. The molecule has 1 amide bonds. The largest absolute Gasteiger partial charge is 0.495 e. The first kappa shape index (κ1) is 24.8. The number of ether oxygens (including phenoxy) is 1. The van der Waals surface area contributed by atoms with Crippen molar-refractivity contribution in [2.75, 3.05) is 17.3 Å². The Labute approximate surface area is 225 Å². The molecule has 188 valence electrons. The maximum atomic E-state index is 11.8. The van der Waals surface area contributed by atoms with E-state index < -0.39 is 0 Å². The second-order valence-corrected chi connectivity index (χ2v) is 9.52. The highest BCUT2D eigenvalue weighted by molar-refractivity contribution is 7.80. The normalized spacial score (nSPS) is 17.0. The lowest BCUT2D eigenvalue weighted by Crippen LogP contribution is -2.29. The van der Waals surface area contributed by atoms with Crippen LogP contribution in [0.15, 0.2) is 77.3 Å². The molecule has 0 saturated carbocycles. The van der Waals surface area contributed by atoms with Crippen molar-refractivity contribution in [1.29, 1.82) is 0 Å². The van der Waals surface area contributed by atoms with Gasteiger partial charge in [-0.3, -0.25) is 9.78 Å². The molecule has 4 aromatic rings. The molecule has 1 aliphatic rings. The number of thiocarbonyl (C=S) groups is 1. The molecule has 9 heteroatoms. The van der Waals surface area contributed by atoms with Crippen LogP contribution in [-0.4, -0.2) is 23.1 Å². The molecule has 1 fully saturated rings. The van der Waals surface area contributed by atoms with Crippen LogP contribution in [0.3, 0.4) is 0 Å². The minimum absolute atomic E-state index is 0.201. The number of rotatable bonds is 6. The first-order valence-corrected chi connectivity index (χ1v) is 12.5. The van der Waals surface area contributed by atoms with Crippen LogP contribution in [0.5, 0.6) is 5.75 Å². The number of furan rings is 1. The van der Waals surface area contributed by atoms with Crippen molar-refractivity contribution in [2.24, 2.45) is 0 Å². The summed E-state index contributed by atoms with van der Waals surface area (Å²) in [6, 6.07) is 20.4. The Hall–Kier alpha value is -3.88. The van der Waals surface area contributed by atoms with Gasteiger partial charge in [-0.05, 0) is 73.2 Å². The predicted molar refractivity (Wildman–Crippen MR) is 149 cm³/mol. The topological polar surface area (TPSA) is 79.6 Å². The number of nitrogens with one attached hydrogen (secondary N) is 2. The highest BCUT2D eigenvalue weighted by Crippen LogP contribution is 2.44. The summed E-state index contributed by atoms with van der Waals surface area (Å²) in [5.41, 5.74) is 4.02. The van der Waals surface area contributed by atoms with Crippen LogP contribution in [0.2, 0.25) is 5.02 Å². The second kappa shape index (κ2) is 10.2. The average Bonchev–Trinajstić information content (AvgIpc) is 3.50. The number of amides is 1. The van der Waals surface area contributed by atoms with E-state index in [-0.39, 0.29) is 18.0 Å². The quantitative estimate of drug-likeness (QED) is 0.276. The molecule has 2 aromatic carbocycles. The number of halogens is 1. The van der Waals surface area contributed by atoms with E-state index in [2.05, 4.69) is 15.6 Å². The molecule has 0 radical (unpaired) electrons. The zero-order valence-corrected chi connectivity index (χ0v) is 22.1. The van der Waals surface area contributed by atoms with Crippen molar-refractivity contribution in [3.8, 4) is 17.1 Å². The number of hydrogen-bond acceptors (Lipinski definition) is 5. The smallest absolute Gasteiger partial charge is 0.221 e. The molecule has 5 rings (SSSR count). The third-order valence-corrected chi connectivity index (χ3v) is 6.97. The molecular weight excluding hydrogens is 508 g/mol. The highest BCUT2D eigenvalue weighted by atomic mass is 35.5. The first-order valence-electron chi connectivity index (χ1n) is 11.7. The van der Waals surface area contributed by atoms with Gasteiger partial charge in [-0.15, -0.1) is 0 Å². The third kappa shape index (κ3) is 4.90. The summed E-state index contributed by atoms with van der Waals surface area (Å²) in [5.74, 6) is 1.74. The van der Waals surface area contributed by atoms with Gasteiger partial charge in [0.15, 0.2) is 5.11 Å². The molecule has 0 bridgehead atoms. The van der Waals surface area contributed by atoms with E-state index in [0.29, 0.717) is 33.1 Å². The number of aromatic nitrogens is 1. The average molecular weight is 533 g/mol. The molecule has 3 heterocycles. The van der Waals surface area contributed by atoms with Crippen LogP contribution in [0.25, 0.3) is 11.3 Å². The molecule has 2 atom stereocenters. The number of carbonyl (C=O) groups is 1. The van der Waals surface area contributed by atoms with E-state index in [0.717, 1.165) is 22.5 Å². The molecule has 7 nitrogen and oxygen atoms in total. The minimum atomic E-state index is -0.351. The van der Waals surface area contributed by atoms with Gasteiger partial charge >= 0.3 is 0 Å². The maximum Gasteiger partial charge on any atom is 0.221 e. The fraction of sp³-hybridized carbons (Fsp3) is 0.179. The lowest BCUT2D eigenvalue weighted by Gasteiger charge is -2.27. The Morgan fingerprint density at radius 1 is 1.16 bits per heavy atom. The van der Waals surface area contributed by atoms with E-state index in [1.165, 1.54) is 6.92 Å². The molecular formula is C28H25ClN4O3S. The summed E-state index contributed by atoms with van der Waals surface area (Å²) in [5, 5.41) is 7.44. The van der Waals surface area contributed by atoms with Gasteiger partial charge in [0.1, 0.15) is 23.3 Å². The van der Waals surface area contributed by atoms with Gasteiger partial charge in [-0.1, -0.05) is 29.8 Å². The predicted octanol–water partition coefficient (Wildman–Crippen LogP) is 6.45. The SMILES string of the molecule is COc1ccc(N2C(=S)N[C@@H](c3ccccn3)[C@@H]2c2ccc(-c3ccc(C)c(Cl)c3)o2)cc1NC(C)=O. The Morgan fingerprint density at radius 3 is 2.70 bits per heavy atom. The van der Waals surface area contributed by atoms with Crippen LogP contribution in [0.4, 0.5) is 11.4 Å². The molecule has 0 unspecified atom stereocenters. The number of nitrogens with zero attached hydrogens (tertiary/aromatic N) is 2. The number of hydrogen-bond donors (Lipinski definition) is 2. The number of benzene rings is 2. The number of aryl methyl sites for hydroxylation is 1. The molecule has 0 aliphatic carbocycles. The van der Waals surface area contributed by atoms with Crippen molar-refractivity contribution >= 4 is 46.2 Å². The molecule has 2 N–H and O–H groups in total. The number of anilines is 2. The summed E-state index contributed by atoms with van der Waals surface area (Å²) < 4.78 is 11.9. The monoisotopic (exact) mass is 532 g/mol. The van der Waals surface area contributed by atoms with Crippen LogP contribution in [0, 0.1) is 6.92 Å². The van der Waals surface area contributed by atoms with Gasteiger partial charge in [0.05, 0.1) is 24.5 Å². The zero-order valence-electron chi connectivity index (χ0n) is 20.5. The Kier molecular flexibility index (Phi) is 6.86. The van der Waals surface area contributed by atoms with Crippen molar-refractivity contribution in [3.63, 3.8) is 0 Å². The number of carbonyl (C=O) groups excluding carboxylic acids is 1. The van der Waals surface area contributed by atoms with E-state index >= 15 is 0 Å². The van der Waals surface area contributed by atoms with Crippen molar-refractivity contribution in [1.82, 2.24) is 10.3 Å². The highest BCUT2D eigenvalue weighted by Gasteiger charge is 2.42. The van der Waals surface area contributed by atoms with Gasteiger partial charge in [-0.2, -0.15) is 0 Å². The third-order valence-electron chi connectivity index (χ3n) is 6.24. The summed E-state index contributed by atoms with van der Waals surface area (Å²) in [6.07, 6.45) is 1.75. The Morgan fingerprint density at radius 2 is 2.00 bits per heavy atom. The maximum absolute atomic E-state index is 11.8. The van der Waals surface area contributed by atoms with E-state index in [9.17, 15) is 4.79 Å². The lowest BCUT2D eigenvalue weighted by molar-refractivity contribution is -0.114. The molecule has 1 aliphatic heterocycles. The van der Waals surface area contributed by atoms with Crippen molar-refractivity contribution in [2.45, 2.75) is 25.9 Å². The lowest BCUT2D eigenvalue weighted by atomic mass is 10.0. The standard InChI is InChI=1S/C28H25ClN4O3S/c1-16-7-8-18(14-20(16)29)23-11-12-25(36-23)27-26(21-6-4-5-13-30-21)32-28(37)33(27)19-9-10-24(35-3)22(15-19)31-17(2)34/h4-15,26-27H,1-3H3,(H,31,34)(H,32,37)/t26-,27-/m0/s1. The Balaban J connectivity index is 1.60. The molecule has 0 spiro atoms. The Bertz CT molecular complexity index is 1470. The summed E-state index contributed by atoms with van der Waals surface area (Å²) in [4.78, 5) is 18.4. The van der Waals surface area contributed by atoms with Crippen molar-refractivity contribution < 1.29 is 13.9 Å². The second-order valence-electron chi connectivity index (χ2n) is 8.73. The number of methoxy groups -OCH3 is 1. The van der Waals surface area contributed by atoms with Crippen molar-refractivity contribution in [3.05, 3.63) is 95.0 Å². The van der Waals surface area contributed by atoms with Crippen LogP contribution in [0.1, 0.15) is 36.0 Å². The fourth-order valence-electron chi connectivity index (χ4n) is 4.47. The first-order chi connectivity index (χ1) is 17.9. The molecule has 1 saturated heterocycles. The van der Waals surface area contributed by atoms with E-state index in [1.807, 2.05) is 72.5 Å². The fourth-order valence-corrected chi connectivity index (χ4v) is 4.99. The van der Waals surface area contributed by atoms with Gasteiger partial charge in [0.2, 0.25) is 5.91 Å². The summed E-state index contributed by atoms with van der Waals surface area (Å²) in [7, 11) is 1.56.